The summed E-state index contributed by atoms with van der Waals surface area (Å²) in [6.07, 6.45) is 3.90. The summed E-state index contributed by atoms with van der Waals surface area (Å²) < 4.78 is 6.98. The van der Waals surface area contributed by atoms with Crippen LogP contribution in [0.4, 0.5) is 0 Å². The van der Waals surface area contributed by atoms with Crippen LogP contribution in [0.25, 0.3) is 0 Å². The summed E-state index contributed by atoms with van der Waals surface area (Å²) in [5, 5.41) is 5.54. The fraction of sp³-hybridized carbons (Fsp3) is 0.304. The van der Waals surface area contributed by atoms with Gasteiger partial charge in [-0.2, -0.15) is 0 Å². The van der Waals surface area contributed by atoms with Gasteiger partial charge >= 0.3 is 0 Å². The van der Waals surface area contributed by atoms with Crippen molar-refractivity contribution in [3.8, 4) is 5.75 Å². The third-order valence-electron chi connectivity index (χ3n) is 5.53. The summed E-state index contributed by atoms with van der Waals surface area (Å²) in [6.45, 7) is 1.42. The zero-order valence-electron chi connectivity index (χ0n) is 18.4. The lowest BCUT2D eigenvalue weighted by molar-refractivity contribution is 0.0754. The lowest BCUT2D eigenvalue weighted by Crippen LogP contribution is -2.34. The van der Waals surface area contributed by atoms with Gasteiger partial charge in [0.1, 0.15) is 16.3 Å². The number of methoxy groups -OCH3 is 1. The molecule has 1 aliphatic heterocycles. The van der Waals surface area contributed by atoms with Crippen LogP contribution in [0, 0.1) is 0 Å². The van der Waals surface area contributed by atoms with E-state index in [-0.39, 0.29) is 23.1 Å². The van der Waals surface area contributed by atoms with Crippen molar-refractivity contribution in [2.45, 2.75) is 24.5 Å². The fourth-order valence-electron chi connectivity index (χ4n) is 3.91. The first kappa shape index (κ1) is 23.1. The van der Waals surface area contributed by atoms with E-state index in [1.165, 1.54) is 24.9 Å². The molecule has 4 heterocycles. The second-order valence-electron chi connectivity index (χ2n) is 7.39. The van der Waals surface area contributed by atoms with Gasteiger partial charge in [-0.15, -0.1) is 23.1 Å². The summed E-state index contributed by atoms with van der Waals surface area (Å²) in [5.74, 6) is -0.198. The molecule has 0 aromatic carbocycles. The summed E-state index contributed by atoms with van der Waals surface area (Å²) in [4.78, 5) is 46.2. The van der Waals surface area contributed by atoms with E-state index in [1.54, 1.807) is 39.1 Å². The molecule has 33 heavy (non-hydrogen) atoms. The maximum Gasteiger partial charge on any atom is 0.257 e. The van der Waals surface area contributed by atoms with Gasteiger partial charge in [0.05, 0.1) is 19.2 Å². The first-order valence-electron chi connectivity index (χ1n) is 10.4. The van der Waals surface area contributed by atoms with Crippen molar-refractivity contribution in [2.75, 3.05) is 26.5 Å². The largest absolute Gasteiger partial charge is 0.496 e. The minimum atomic E-state index is -0.305. The second kappa shape index (κ2) is 10.2. The lowest BCUT2D eigenvalue weighted by Gasteiger charge is -2.20. The van der Waals surface area contributed by atoms with Gasteiger partial charge in [0.15, 0.2) is 0 Å². The average Bonchev–Trinajstić information content (AvgIpc) is 3.26. The number of amides is 2. The van der Waals surface area contributed by atoms with Crippen molar-refractivity contribution < 1.29 is 14.3 Å². The first-order valence-corrected chi connectivity index (χ1v) is 12.5. The molecule has 0 bridgehead atoms. The molecule has 172 valence electrons. The molecule has 0 fully saturated rings. The molecular weight excluding hydrogens is 460 g/mol. The number of rotatable bonds is 6. The number of aromatic nitrogens is 2. The minimum Gasteiger partial charge on any atom is -0.496 e. The van der Waals surface area contributed by atoms with E-state index in [1.807, 2.05) is 23.8 Å². The Bertz CT molecular complexity index is 1220. The Balaban J connectivity index is 1.62. The summed E-state index contributed by atoms with van der Waals surface area (Å²) in [5.41, 5.74) is 1.20. The lowest BCUT2D eigenvalue weighted by atomic mass is 10.1. The molecule has 0 spiro atoms. The molecule has 0 unspecified atom stereocenters. The third kappa shape index (κ3) is 4.81. The van der Waals surface area contributed by atoms with Gasteiger partial charge in [-0.3, -0.25) is 14.4 Å². The molecule has 0 saturated carbocycles. The molecule has 2 amide bonds. The van der Waals surface area contributed by atoms with Crippen LogP contribution in [0.5, 0.6) is 5.75 Å². The topological polar surface area (TPSA) is 93.5 Å². The normalized spacial score (nSPS) is 13.2. The van der Waals surface area contributed by atoms with Crippen LogP contribution in [-0.2, 0) is 19.5 Å². The average molecular weight is 485 g/mol. The first-order chi connectivity index (χ1) is 16.0. The number of nitrogens with zero attached hydrogens (tertiary/aromatic N) is 3. The summed E-state index contributed by atoms with van der Waals surface area (Å²) >= 11 is 2.97. The Kier molecular flexibility index (Phi) is 7.14. The Labute approximate surface area is 199 Å². The van der Waals surface area contributed by atoms with Crippen LogP contribution in [0.3, 0.4) is 0 Å². The molecule has 3 aromatic heterocycles. The molecule has 0 atom stereocenters. The number of carbonyl (C=O) groups excluding carboxylic acids is 2. The van der Waals surface area contributed by atoms with E-state index >= 15 is 0 Å². The molecule has 8 nitrogen and oxygen atoms in total. The van der Waals surface area contributed by atoms with Gasteiger partial charge in [-0.25, -0.2) is 4.98 Å². The number of thioether (sulfide) groups is 1. The molecular formula is C23H24N4O4S2. The highest BCUT2D eigenvalue weighted by Crippen LogP contribution is 2.24. The van der Waals surface area contributed by atoms with Gasteiger partial charge in [0.25, 0.3) is 17.4 Å². The highest BCUT2D eigenvalue weighted by atomic mass is 32.2. The highest BCUT2D eigenvalue weighted by Gasteiger charge is 2.27. The zero-order valence-corrected chi connectivity index (χ0v) is 20.0. The van der Waals surface area contributed by atoms with Crippen molar-refractivity contribution in [1.82, 2.24) is 19.8 Å². The molecule has 0 radical (unpaired) electrons. The third-order valence-corrected chi connectivity index (χ3v) is 7.11. The van der Waals surface area contributed by atoms with E-state index < -0.39 is 0 Å². The van der Waals surface area contributed by atoms with Crippen molar-refractivity contribution in [1.29, 1.82) is 0 Å². The Morgan fingerprint density at radius 2 is 2.09 bits per heavy atom. The molecule has 0 aliphatic carbocycles. The SMILES string of the molecule is COc1cc(=O)n2c(c1C(=O)NCc1cccs1)CCN(C(=O)c1cccnc1SC)CC2. The number of carbonyl (C=O) groups is 2. The summed E-state index contributed by atoms with van der Waals surface area (Å²) in [7, 11) is 1.45. The molecule has 0 saturated heterocycles. The van der Waals surface area contributed by atoms with Crippen molar-refractivity contribution in [3.63, 3.8) is 0 Å². The standard InChI is InChI=1S/C23H24N4O4S2/c1-31-18-13-19(28)27-11-10-26(23(30)16-6-3-8-24-22(16)32-2)9-7-17(27)20(18)21(29)25-14-15-5-4-12-33-15/h3-6,8,12-13H,7,9-11,14H2,1-2H3,(H,25,29). The van der Waals surface area contributed by atoms with E-state index in [9.17, 15) is 14.4 Å². The van der Waals surface area contributed by atoms with Crippen LogP contribution < -0.4 is 15.6 Å². The molecule has 4 rings (SSSR count). The van der Waals surface area contributed by atoms with Crippen LogP contribution >= 0.6 is 23.1 Å². The van der Waals surface area contributed by atoms with Crippen LogP contribution in [0.2, 0.25) is 0 Å². The number of hydrogen-bond donors (Lipinski definition) is 1. The molecule has 10 heteroatoms. The number of pyridine rings is 2. The van der Waals surface area contributed by atoms with Gasteiger partial charge in [0, 0.05) is 48.9 Å². The van der Waals surface area contributed by atoms with Crippen molar-refractivity contribution in [3.05, 3.63) is 74.0 Å². The monoisotopic (exact) mass is 484 g/mol. The van der Waals surface area contributed by atoms with Gasteiger partial charge in [-0.1, -0.05) is 6.07 Å². The molecule has 1 N–H and O–H groups in total. The number of fused-ring (bicyclic) bond motifs is 1. The Hall–Kier alpha value is -3.11. The Morgan fingerprint density at radius 1 is 1.24 bits per heavy atom. The van der Waals surface area contributed by atoms with E-state index in [0.717, 1.165) is 4.88 Å². The van der Waals surface area contributed by atoms with Crippen molar-refractivity contribution >= 4 is 34.9 Å². The van der Waals surface area contributed by atoms with Crippen LogP contribution in [0.15, 0.2) is 51.7 Å². The van der Waals surface area contributed by atoms with Gasteiger partial charge in [-0.05, 0) is 29.8 Å². The Morgan fingerprint density at radius 3 is 2.82 bits per heavy atom. The van der Waals surface area contributed by atoms with E-state index in [4.69, 9.17) is 4.74 Å². The fourth-order valence-corrected chi connectivity index (χ4v) is 5.10. The maximum absolute atomic E-state index is 13.2. The highest BCUT2D eigenvalue weighted by molar-refractivity contribution is 7.98. The maximum atomic E-state index is 13.2. The number of thiophene rings is 1. The van der Waals surface area contributed by atoms with E-state index in [2.05, 4.69) is 10.3 Å². The number of ether oxygens (including phenoxy) is 1. The summed E-state index contributed by atoms with van der Waals surface area (Å²) in [6, 6.07) is 8.72. The predicted molar refractivity (Wildman–Crippen MR) is 128 cm³/mol. The quantitative estimate of drug-likeness (QED) is 0.541. The smallest absolute Gasteiger partial charge is 0.257 e. The predicted octanol–water partition coefficient (Wildman–Crippen LogP) is 2.66. The number of hydrogen-bond acceptors (Lipinski definition) is 7. The van der Waals surface area contributed by atoms with Gasteiger partial charge in [0.2, 0.25) is 0 Å². The molecule has 3 aromatic rings. The van der Waals surface area contributed by atoms with Crippen molar-refractivity contribution in [2.24, 2.45) is 0 Å². The van der Waals surface area contributed by atoms with E-state index in [0.29, 0.717) is 54.4 Å². The van der Waals surface area contributed by atoms with Gasteiger partial charge < -0.3 is 19.5 Å². The minimum absolute atomic E-state index is 0.135. The molecule has 1 aliphatic rings. The van der Waals surface area contributed by atoms with Crippen LogP contribution in [0.1, 0.15) is 31.3 Å². The number of nitrogens with one attached hydrogen (secondary N) is 1. The second-order valence-corrected chi connectivity index (χ2v) is 9.22. The zero-order chi connectivity index (χ0) is 23.4. The van der Waals surface area contributed by atoms with Crippen LogP contribution in [-0.4, -0.2) is 52.7 Å².